The summed E-state index contributed by atoms with van der Waals surface area (Å²) in [7, 11) is 0. The molecule has 0 unspecified atom stereocenters. The fraction of sp³-hybridized carbons (Fsp3) is 0.667. The van der Waals surface area contributed by atoms with Crippen LogP contribution in [-0.2, 0) is 6.54 Å². The van der Waals surface area contributed by atoms with Crippen molar-refractivity contribution >= 4 is 0 Å². The Hall–Kier alpha value is -1.83. The number of nitriles is 1. The van der Waals surface area contributed by atoms with E-state index in [0.717, 1.165) is 19.3 Å². The zero-order chi connectivity index (χ0) is 14.8. The van der Waals surface area contributed by atoms with Crippen LogP contribution in [0.1, 0.15) is 51.5 Å². The molecule has 1 aliphatic rings. The Morgan fingerprint density at radius 2 is 2.05 bits per heavy atom. The maximum Gasteiger partial charge on any atom is 0.328 e. The highest BCUT2D eigenvalue weighted by molar-refractivity contribution is 5.21. The summed E-state index contributed by atoms with van der Waals surface area (Å²) in [5.41, 5.74) is -0.882. The molecule has 5 heteroatoms. The molecule has 108 valence electrons. The zero-order valence-electron chi connectivity index (χ0n) is 12.1. The van der Waals surface area contributed by atoms with E-state index in [1.165, 1.54) is 23.6 Å². The molecule has 1 N–H and O–H groups in total. The van der Waals surface area contributed by atoms with Gasteiger partial charge in [-0.1, -0.05) is 26.7 Å². The van der Waals surface area contributed by atoms with Gasteiger partial charge >= 0.3 is 5.69 Å². The molecule has 1 aliphatic carbocycles. The predicted molar refractivity (Wildman–Crippen MR) is 76.4 cm³/mol. The molecule has 1 fully saturated rings. The van der Waals surface area contributed by atoms with Gasteiger partial charge in [-0.15, -0.1) is 0 Å². The van der Waals surface area contributed by atoms with Crippen LogP contribution in [0.3, 0.4) is 0 Å². The van der Waals surface area contributed by atoms with Crippen LogP contribution in [0.2, 0.25) is 0 Å². The van der Waals surface area contributed by atoms with Gasteiger partial charge in [0.05, 0.1) is 0 Å². The molecule has 1 saturated carbocycles. The molecule has 0 spiro atoms. The van der Waals surface area contributed by atoms with Crippen LogP contribution >= 0.6 is 0 Å². The molecule has 1 heterocycles. The topological polar surface area (TPSA) is 78.7 Å². The molecule has 0 bridgehead atoms. The third kappa shape index (κ3) is 3.01. The van der Waals surface area contributed by atoms with Gasteiger partial charge in [0.15, 0.2) is 0 Å². The van der Waals surface area contributed by atoms with Crippen molar-refractivity contribution in [3.8, 4) is 6.07 Å². The fourth-order valence-electron chi connectivity index (χ4n) is 3.49. The second-order valence-corrected chi connectivity index (χ2v) is 6.35. The van der Waals surface area contributed by atoms with Crippen LogP contribution in [0.25, 0.3) is 0 Å². The van der Waals surface area contributed by atoms with Gasteiger partial charge in [-0.3, -0.25) is 14.3 Å². The highest BCUT2D eigenvalue weighted by atomic mass is 16.2. The zero-order valence-corrected chi connectivity index (χ0v) is 12.1. The van der Waals surface area contributed by atoms with E-state index in [0.29, 0.717) is 12.5 Å². The predicted octanol–water partition coefficient (Wildman–Crippen LogP) is 2.01. The lowest BCUT2D eigenvalue weighted by atomic mass is 9.78. The van der Waals surface area contributed by atoms with Gasteiger partial charge in [-0.05, 0) is 30.6 Å². The van der Waals surface area contributed by atoms with E-state index in [4.69, 9.17) is 5.26 Å². The molecule has 0 radical (unpaired) electrons. The van der Waals surface area contributed by atoms with Crippen molar-refractivity contribution in [3.05, 3.63) is 32.6 Å². The molecule has 5 nitrogen and oxygen atoms in total. The van der Waals surface area contributed by atoms with Crippen LogP contribution in [-0.4, -0.2) is 9.55 Å². The van der Waals surface area contributed by atoms with Crippen LogP contribution in [0, 0.1) is 22.7 Å². The Bertz CT molecular complexity index is 628. The van der Waals surface area contributed by atoms with Crippen molar-refractivity contribution < 1.29 is 0 Å². The SMILES string of the molecule is CC(C)CC1(Cn2cc(C#N)c(=O)[nH]c2=O)CCCC1. The quantitative estimate of drug-likeness (QED) is 0.913. The average molecular weight is 275 g/mol. The standard InChI is InChI=1S/C15H21N3O2/c1-11(2)7-15(5-3-4-6-15)10-18-9-12(8-16)13(19)17-14(18)20/h9,11H,3-7,10H2,1-2H3,(H,17,19,20). The minimum atomic E-state index is -0.599. The van der Waals surface area contributed by atoms with Crippen molar-refractivity contribution in [2.24, 2.45) is 11.3 Å². The van der Waals surface area contributed by atoms with Crippen LogP contribution < -0.4 is 11.2 Å². The van der Waals surface area contributed by atoms with Gasteiger partial charge in [0.2, 0.25) is 0 Å². The highest BCUT2D eigenvalue weighted by Crippen LogP contribution is 2.44. The van der Waals surface area contributed by atoms with Crippen LogP contribution in [0.15, 0.2) is 15.8 Å². The Morgan fingerprint density at radius 3 is 2.60 bits per heavy atom. The number of aromatic nitrogens is 2. The normalized spacial score (nSPS) is 17.3. The summed E-state index contributed by atoms with van der Waals surface area (Å²) in [6.07, 6.45) is 7.07. The lowest BCUT2D eigenvalue weighted by Gasteiger charge is -2.31. The first kappa shape index (κ1) is 14.6. The van der Waals surface area contributed by atoms with Gasteiger partial charge in [0.25, 0.3) is 5.56 Å². The molecule has 0 saturated heterocycles. The number of hydrogen-bond donors (Lipinski definition) is 1. The van der Waals surface area contributed by atoms with Gasteiger partial charge in [0.1, 0.15) is 11.6 Å². The maximum atomic E-state index is 11.9. The van der Waals surface area contributed by atoms with E-state index >= 15 is 0 Å². The van der Waals surface area contributed by atoms with Crippen molar-refractivity contribution in [2.75, 3.05) is 0 Å². The molecule has 0 amide bonds. The molecular formula is C15H21N3O2. The number of aromatic amines is 1. The van der Waals surface area contributed by atoms with E-state index in [1.54, 1.807) is 0 Å². The molecule has 20 heavy (non-hydrogen) atoms. The fourth-order valence-corrected chi connectivity index (χ4v) is 3.49. The number of nitrogens with one attached hydrogen (secondary N) is 1. The monoisotopic (exact) mass is 275 g/mol. The van der Waals surface area contributed by atoms with E-state index in [1.807, 2.05) is 6.07 Å². The third-order valence-corrected chi connectivity index (χ3v) is 4.14. The number of nitrogens with zero attached hydrogens (tertiary/aromatic N) is 2. The van der Waals surface area contributed by atoms with Gasteiger partial charge in [-0.25, -0.2) is 4.79 Å². The van der Waals surface area contributed by atoms with Crippen molar-refractivity contribution in [1.82, 2.24) is 9.55 Å². The molecule has 1 aromatic rings. The summed E-state index contributed by atoms with van der Waals surface area (Å²) in [6, 6.07) is 1.84. The van der Waals surface area contributed by atoms with Gasteiger partial charge in [0, 0.05) is 12.7 Å². The molecule has 0 atom stereocenters. The molecule has 0 aromatic carbocycles. The van der Waals surface area contributed by atoms with Crippen LogP contribution in [0.4, 0.5) is 0 Å². The van der Waals surface area contributed by atoms with Crippen molar-refractivity contribution in [3.63, 3.8) is 0 Å². The van der Waals surface area contributed by atoms with Gasteiger partial charge in [-0.2, -0.15) is 5.26 Å². The number of hydrogen-bond acceptors (Lipinski definition) is 3. The molecule has 2 rings (SSSR count). The first-order valence-electron chi connectivity index (χ1n) is 7.20. The Labute approximate surface area is 118 Å². The number of H-pyrrole nitrogens is 1. The van der Waals surface area contributed by atoms with Crippen molar-refractivity contribution in [2.45, 2.75) is 52.5 Å². The summed E-state index contributed by atoms with van der Waals surface area (Å²) >= 11 is 0. The summed E-state index contributed by atoms with van der Waals surface area (Å²) in [5, 5.41) is 8.92. The summed E-state index contributed by atoms with van der Waals surface area (Å²) in [4.78, 5) is 25.6. The summed E-state index contributed by atoms with van der Waals surface area (Å²) < 4.78 is 1.51. The van der Waals surface area contributed by atoms with E-state index in [-0.39, 0.29) is 11.0 Å². The summed E-state index contributed by atoms with van der Waals surface area (Å²) in [6.45, 7) is 4.97. The molecule has 0 aliphatic heterocycles. The minimum absolute atomic E-state index is 0.00212. The van der Waals surface area contributed by atoms with E-state index in [9.17, 15) is 9.59 Å². The molecular weight excluding hydrogens is 254 g/mol. The first-order valence-corrected chi connectivity index (χ1v) is 7.20. The van der Waals surface area contributed by atoms with Crippen LogP contribution in [0.5, 0.6) is 0 Å². The maximum absolute atomic E-state index is 11.9. The highest BCUT2D eigenvalue weighted by Gasteiger charge is 2.35. The minimum Gasteiger partial charge on any atom is -0.299 e. The Balaban J connectivity index is 2.35. The second-order valence-electron chi connectivity index (χ2n) is 6.35. The van der Waals surface area contributed by atoms with E-state index < -0.39 is 11.2 Å². The third-order valence-electron chi connectivity index (χ3n) is 4.14. The van der Waals surface area contributed by atoms with Crippen molar-refractivity contribution in [1.29, 1.82) is 5.26 Å². The lowest BCUT2D eigenvalue weighted by molar-refractivity contribution is 0.193. The average Bonchev–Trinajstić information content (AvgIpc) is 2.80. The first-order chi connectivity index (χ1) is 9.46. The summed E-state index contributed by atoms with van der Waals surface area (Å²) in [5.74, 6) is 0.571. The second kappa shape index (κ2) is 5.66. The smallest absolute Gasteiger partial charge is 0.299 e. The lowest BCUT2D eigenvalue weighted by Crippen LogP contribution is -2.36. The Morgan fingerprint density at radius 1 is 1.40 bits per heavy atom. The Kier molecular flexibility index (Phi) is 4.12. The largest absolute Gasteiger partial charge is 0.328 e. The van der Waals surface area contributed by atoms with Gasteiger partial charge < -0.3 is 0 Å². The van der Waals surface area contributed by atoms with E-state index in [2.05, 4.69) is 18.8 Å². The number of rotatable bonds is 4. The molecule has 1 aromatic heterocycles.